The van der Waals surface area contributed by atoms with Gasteiger partial charge < -0.3 is 10.2 Å². The highest BCUT2D eigenvalue weighted by Crippen LogP contribution is 2.26. The minimum atomic E-state index is -3.73. The molecule has 33 heavy (non-hydrogen) atoms. The van der Waals surface area contributed by atoms with E-state index in [9.17, 15) is 8.42 Å². The molecular formula is C25H27N5O2S. The Balaban J connectivity index is 1.53. The van der Waals surface area contributed by atoms with Gasteiger partial charge >= 0.3 is 0 Å². The maximum Gasteiger partial charge on any atom is 0.262 e. The van der Waals surface area contributed by atoms with Crippen molar-refractivity contribution in [3.8, 4) is 0 Å². The number of hydrogen-bond donors (Lipinski definition) is 2. The molecule has 3 aromatic carbocycles. The van der Waals surface area contributed by atoms with E-state index in [1.165, 1.54) is 0 Å². The molecule has 1 aromatic heterocycles. The lowest BCUT2D eigenvalue weighted by atomic mass is 10.1. The first-order valence-corrected chi connectivity index (χ1v) is 12.4. The van der Waals surface area contributed by atoms with Gasteiger partial charge in [0.2, 0.25) is 0 Å². The number of anilines is 4. The van der Waals surface area contributed by atoms with Gasteiger partial charge in [0.1, 0.15) is 17.5 Å². The molecule has 7 nitrogen and oxygen atoms in total. The van der Waals surface area contributed by atoms with Crippen molar-refractivity contribution in [3.05, 3.63) is 78.6 Å². The van der Waals surface area contributed by atoms with Crippen molar-refractivity contribution in [2.75, 3.05) is 28.0 Å². The van der Waals surface area contributed by atoms with Gasteiger partial charge in [-0.25, -0.2) is 18.4 Å². The van der Waals surface area contributed by atoms with E-state index >= 15 is 0 Å². The topological polar surface area (TPSA) is 87.2 Å². The summed E-state index contributed by atoms with van der Waals surface area (Å²) in [5.41, 5.74) is 1.28. The fourth-order valence-corrected chi connectivity index (χ4v) is 5.02. The summed E-state index contributed by atoms with van der Waals surface area (Å²) >= 11 is 0. The molecule has 0 spiro atoms. The monoisotopic (exact) mass is 461 g/mol. The van der Waals surface area contributed by atoms with E-state index in [2.05, 4.69) is 38.8 Å². The molecule has 0 aliphatic rings. The van der Waals surface area contributed by atoms with Gasteiger partial charge in [-0.1, -0.05) is 36.4 Å². The number of benzene rings is 3. The summed E-state index contributed by atoms with van der Waals surface area (Å²) < 4.78 is 28.8. The summed E-state index contributed by atoms with van der Waals surface area (Å²) in [5.74, 6) is 2.24. The van der Waals surface area contributed by atoms with Gasteiger partial charge in [0, 0.05) is 35.9 Å². The Morgan fingerprint density at radius 2 is 1.52 bits per heavy atom. The highest BCUT2D eigenvalue weighted by atomic mass is 32.2. The molecule has 4 rings (SSSR count). The predicted octanol–water partition coefficient (Wildman–Crippen LogP) is 5.33. The molecule has 0 aliphatic carbocycles. The highest BCUT2D eigenvalue weighted by molar-refractivity contribution is 7.93. The number of nitrogens with one attached hydrogen (secondary N) is 2. The molecular weight excluding hydrogens is 434 g/mol. The van der Waals surface area contributed by atoms with E-state index in [-0.39, 0.29) is 4.90 Å². The lowest BCUT2D eigenvalue weighted by Crippen LogP contribution is -2.23. The molecule has 0 fully saturated rings. The Bertz CT molecular complexity index is 1360. The Hall–Kier alpha value is -3.65. The van der Waals surface area contributed by atoms with Crippen LogP contribution in [0.1, 0.15) is 19.7 Å². The van der Waals surface area contributed by atoms with Crippen molar-refractivity contribution >= 4 is 43.8 Å². The van der Waals surface area contributed by atoms with Crippen molar-refractivity contribution < 1.29 is 8.42 Å². The molecule has 2 N–H and O–H groups in total. The van der Waals surface area contributed by atoms with Crippen molar-refractivity contribution in [1.82, 2.24) is 9.97 Å². The van der Waals surface area contributed by atoms with E-state index < -0.39 is 10.0 Å². The van der Waals surface area contributed by atoms with Gasteiger partial charge in [-0.15, -0.1) is 0 Å². The number of aryl methyl sites for hydroxylation is 1. The Morgan fingerprint density at radius 3 is 2.24 bits per heavy atom. The average molecular weight is 462 g/mol. The van der Waals surface area contributed by atoms with Gasteiger partial charge in [-0.05, 0) is 56.5 Å². The van der Waals surface area contributed by atoms with E-state index in [1.807, 2.05) is 55.5 Å². The molecule has 0 radical (unpaired) electrons. The number of aromatic nitrogens is 2. The molecule has 4 aromatic rings. The zero-order valence-electron chi connectivity index (χ0n) is 18.9. The van der Waals surface area contributed by atoms with Crippen molar-refractivity contribution in [2.45, 2.75) is 25.7 Å². The fraction of sp³-hybridized carbons (Fsp3) is 0.200. The van der Waals surface area contributed by atoms with Crippen LogP contribution in [0.15, 0.2) is 77.7 Å². The second kappa shape index (κ2) is 9.46. The van der Waals surface area contributed by atoms with Crippen LogP contribution in [0.4, 0.5) is 23.0 Å². The summed E-state index contributed by atoms with van der Waals surface area (Å²) in [4.78, 5) is 11.4. The lowest BCUT2D eigenvalue weighted by molar-refractivity contribution is 0.602. The van der Waals surface area contributed by atoms with Crippen LogP contribution in [-0.2, 0) is 10.0 Å². The van der Waals surface area contributed by atoms with Gasteiger partial charge in [-0.2, -0.15) is 0 Å². The van der Waals surface area contributed by atoms with Crippen LogP contribution in [0.2, 0.25) is 0 Å². The number of rotatable bonds is 8. The summed E-state index contributed by atoms with van der Waals surface area (Å²) in [6, 6.07) is 21.7. The van der Waals surface area contributed by atoms with Crippen molar-refractivity contribution in [3.63, 3.8) is 0 Å². The molecule has 0 bridgehead atoms. The maximum absolute atomic E-state index is 13.0. The SMILES string of the molecule is CCN(CC)c1cc(Nc2ccc(NS(=O)(=O)c3cccc4ccccc34)cc2)nc(C)n1. The third kappa shape index (κ3) is 5.06. The Labute approximate surface area is 194 Å². The van der Waals surface area contributed by atoms with Crippen LogP contribution in [0.3, 0.4) is 0 Å². The molecule has 0 saturated heterocycles. The first kappa shape index (κ1) is 22.5. The van der Waals surface area contributed by atoms with Crippen molar-refractivity contribution in [2.24, 2.45) is 0 Å². The van der Waals surface area contributed by atoms with E-state index in [4.69, 9.17) is 0 Å². The van der Waals surface area contributed by atoms with E-state index in [0.29, 0.717) is 22.7 Å². The maximum atomic E-state index is 13.0. The van der Waals surface area contributed by atoms with Gasteiger partial charge in [-0.3, -0.25) is 4.72 Å². The van der Waals surface area contributed by atoms with Crippen LogP contribution in [0.25, 0.3) is 10.8 Å². The third-order valence-electron chi connectivity index (χ3n) is 5.36. The highest BCUT2D eigenvalue weighted by Gasteiger charge is 2.17. The summed E-state index contributed by atoms with van der Waals surface area (Å²) in [5, 5.41) is 4.85. The van der Waals surface area contributed by atoms with E-state index in [0.717, 1.165) is 30.0 Å². The Morgan fingerprint density at radius 1 is 0.848 bits per heavy atom. The summed E-state index contributed by atoms with van der Waals surface area (Å²) in [6.45, 7) is 7.76. The van der Waals surface area contributed by atoms with Gasteiger partial charge in [0.25, 0.3) is 10.0 Å². The minimum Gasteiger partial charge on any atom is -0.357 e. The lowest BCUT2D eigenvalue weighted by Gasteiger charge is -2.20. The summed E-state index contributed by atoms with van der Waals surface area (Å²) in [6.07, 6.45) is 0. The van der Waals surface area contributed by atoms with Gasteiger partial charge in [0.05, 0.1) is 4.90 Å². The number of fused-ring (bicyclic) bond motifs is 1. The zero-order valence-corrected chi connectivity index (χ0v) is 19.7. The number of nitrogens with zero attached hydrogens (tertiary/aromatic N) is 3. The van der Waals surface area contributed by atoms with Crippen LogP contribution >= 0.6 is 0 Å². The molecule has 170 valence electrons. The van der Waals surface area contributed by atoms with Crippen LogP contribution in [-0.4, -0.2) is 31.5 Å². The smallest absolute Gasteiger partial charge is 0.262 e. The molecule has 0 unspecified atom stereocenters. The molecule has 0 saturated carbocycles. The number of hydrogen-bond acceptors (Lipinski definition) is 6. The first-order chi connectivity index (χ1) is 15.9. The molecule has 0 aliphatic heterocycles. The minimum absolute atomic E-state index is 0.253. The van der Waals surface area contributed by atoms with Crippen LogP contribution in [0, 0.1) is 6.92 Å². The quantitative estimate of drug-likeness (QED) is 0.369. The summed E-state index contributed by atoms with van der Waals surface area (Å²) in [7, 11) is -3.73. The van der Waals surface area contributed by atoms with Crippen molar-refractivity contribution in [1.29, 1.82) is 0 Å². The second-order valence-corrected chi connectivity index (χ2v) is 9.27. The molecule has 8 heteroatoms. The predicted molar refractivity (Wildman–Crippen MR) is 135 cm³/mol. The molecule has 1 heterocycles. The number of sulfonamides is 1. The Kier molecular flexibility index (Phi) is 6.46. The van der Waals surface area contributed by atoms with Crippen LogP contribution in [0.5, 0.6) is 0 Å². The molecule has 0 amide bonds. The van der Waals surface area contributed by atoms with Gasteiger partial charge in [0.15, 0.2) is 0 Å². The standard InChI is InChI=1S/C25H27N5O2S/c1-4-30(5-2)25-17-24(26-18(3)27-25)28-20-13-15-21(16-14-20)29-33(31,32)23-12-8-10-19-9-6-7-11-22(19)23/h6-17,29H,4-5H2,1-3H3,(H,26,27,28). The fourth-order valence-electron chi connectivity index (χ4n) is 3.74. The van der Waals surface area contributed by atoms with E-state index in [1.54, 1.807) is 24.3 Å². The molecule has 0 atom stereocenters. The zero-order chi connectivity index (χ0) is 23.4. The first-order valence-electron chi connectivity index (χ1n) is 10.9. The second-order valence-electron chi connectivity index (χ2n) is 7.62. The third-order valence-corrected chi connectivity index (χ3v) is 6.80. The largest absolute Gasteiger partial charge is 0.357 e. The normalized spacial score (nSPS) is 11.4. The average Bonchev–Trinajstić information content (AvgIpc) is 2.80. The van der Waals surface area contributed by atoms with Crippen LogP contribution < -0.4 is 14.9 Å².